The van der Waals surface area contributed by atoms with Gasteiger partial charge in [0.2, 0.25) is 0 Å². The third-order valence-electron chi connectivity index (χ3n) is 2.85. The second kappa shape index (κ2) is 10.5. The molecule has 108 valence electrons. The summed E-state index contributed by atoms with van der Waals surface area (Å²) >= 11 is 0. The molecule has 0 N–H and O–H groups in total. The molecule has 0 atom stereocenters. The highest BCUT2D eigenvalue weighted by Gasteiger charge is 2.13. The van der Waals surface area contributed by atoms with Crippen molar-refractivity contribution in [3.63, 3.8) is 0 Å². The van der Waals surface area contributed by atoms with E-state index in [0.717, 1.165) is 38.5 Å². The van der Waals surface area contributed by atoms with Crippen molar-refractivity contribution in [2.45, 2.75) is 66.2 Å². The number of esters is 2. The molecule has 0 heterocycles. The van der Waals surface area contributed by atoms with Crippen LogP contribution >= 0.6 is 0 Å². The largest absolute Gasteiger partial charge is 0.386 e. The van der Waals surface area contributed by atoms with E-state index in [2.05, 4.69) is 13.8 Å². The van der Waals surface area contributed by atoms with Crippen LogP contribution in [0.5, 0.6) is 0 Å². The van der Waals surface area contributed by atoms with Gasteiger partial charge >= 0.3 is 11.9 Å². The van der Waals surface area contributed by atoms with Crippen LogP contribution in [0.25, 0.3) is 0 Å². The molecule has 3 nitrogen and oxygen atoms in total. The Hall–Kier alpha value is -1.38. The van der Waals surface area contributed by atoms with Gasteiger partial charge in [-0.15, -0.1) is 0 Å². The average Bonchev–Trinajstić information content (AvgIpc) is 2.38. The Balaban J connectivity index is 4.27. The Morgan fingerprint density at radius 2 is 1.21 bits per heavy atom. The highest BCUT2D eigenvalue weighted by Crippen LogP contribution is 2.07. The first-order chi connectivity index (χ1) is 9.02. The number of ether oxygens (including phenoxy) is 1. The van der Waals surface area contributed by atoms with Crippen molar-refractivity contribution in [1.29, 1.82) is 0 Å². The molecule has 0 radical (unpaired) electrons. The molecule has 0 bridgehead atoms. The van der Waals surface area contributed by atoms with Crippen molar-refractivity contribution in [3.05, 3.63) is 23.3 Å². The third-order valence-corrected chi connectivity index (χ3v) is 2.85. The molecule has 0 saturated heterocycles. The van der Waals surface area contributed by atoms with E-state index in [0.29, 0.717) is 11.1 Å². The first-order valence-corrected chi connectivity index (χ1v) is 7.12. The first-order valence-electron chi connectivity index (χ1n) is 7.12. The summed E-state index contributed by atoms with van der Waals surface area (Å²) in [5, 5.41) is 0. The average molecular weight is 266 g/mol. The summed E-state index contributed by atoms with van der Waals surface area (Å²) < 4.78 is 4.82. The number of carbonyl (C=O) groups excluding carboxylic acids is 2. The van der Waals surface area contributed by atoms with E-state index in [9.17, 15) is 9.59 Å². The lowest BCUT2D eigenvalue weighted by Gasteiger charge is -2.03. The van der Waals surface area contributed by atoms with Gasteiger partial charge in [0, 0.05) is 11.1 Å². The van der Waals surface area contributed by atoms with E-state index in [4.69, 9.17) is 4.74 Å². The summed E-state index contributed by atoms with van der Waals surface area (Å²) in [7, 11) is 0. The van der Waals surface area contributed by atoms with Crippen molar-refractivity contribution >= 4 is 11.9 Å². The fourth-order valence-corrected chi connectivity index (χ4v) is 1.46. The standard InChI is InChI=1S/C16H26O3/c1-5-7-9-11-13(3)15(17)19-16(18)14(4)12-10-8-6-2/h11-12H,5-10H2,1-4H3. The minimum atomic E-state index is -0.538. The van der Waals surface area contributed by atoms with Crippen molar-refractivity contribution in [2.75, 3.05) is 0 Å². The second-order valence-electron chi connectivity index (χ2n) is 4.74. The van der Waals surface area contributed by atoms with E-state index in [-0.39, 0.29) is 0 Å². The zero-order valence-corrected chi connectivity index (χ0v) is 12.6. The number of hydrogen-bond acceptors (Lipinski definition) is 3. The van der Waals surface area contributed by atoms with Crippen LogP contribution in [0.15, 0.2) is 23.3 Å². The van der Waals surface area contributed by atoms with E-state index < -0.39 is 11.9 Å². The fourth-order valence-electron chi connectivity index (χ4n) is 1.46. The van der Waals surface area contributed by atoms with Gasteiger partial charge in [0.1, 0.15) is 0 Å². The molecule has 0 aliphatic carbocycles. The summed E-state index contributed by atoms with van der Waals surface area (Å²) in [4.78, 5) is 23.3. The molecule has 19 heavy (non-hydrogen) atoms. The Labute approximate surface area is 116 Å². The molecule has 3 heteroatoms. The van der Waals surface area contributed by atoms with Crippen molar-refractivity contribution in [3.8, 4) is 0 Å². The zero-order valence-electron chi connectivity index (χ0n) is 12.6. The molecular weight excluding hydrogens is 240 g/mol. The molecule has 0 aromatic carbocycles. The number of hydrogen-bond donors (Lipinski definition) is 0. The van der Waals surface area contributed by atoms with Gasteiger partial charge < -0.3 is 4.74 Å². The topological polar surface area (TPSA) is 43.4 Å². The van der Waals surface area contributed by atoms with E-state index >= 15 is 0 Å². The number of carbonyl (C=O) groups is 2. The molecule has 0 rings (SSSR count). The van der Waals surface area contributed by atoms with Crippen LogP contribution in [-0.2, 0) is 14.3 Å². The molecular formula is C16H26O3. The van der Waals surface area contributed by atoms with Gasteiger partial charge in [0.15, 0.2) is 0 Å². The first kappa shape index (κ1) is 17.6. The molecule has 0 saturated carbocycles. The summed E-state index contributed by atoms with van der Waals surface area (Å²) in [5.41, 5.74) is 1.01. The minimum Gasteiger partial charge on any atom is -0.386 e. The molecule has 0 fully saturated rings. The Kier molecular flexibility index (Phi) is 9.77. The van der Waals surface area contributed by atoms with Gasteiger partial charge in [-0.3, -0.25) is 0 Å². The summed E-state index contributed by atoms with van der Waals surface area (Å²) in [6.45, 7) is 7.55. The van der Waals surface area contributed by atoms with Gasteiger partial charge in [-0.2, -0.15) is 0 Å². The van der Waals surface area contributed by atoms with Crippen LogP contribution in [-0.4, -0.2) is 11.9 Å². The molecule has 0 aliphatic rings. The quantitative estimate of drug-likeness (QED) is 0.284. The molecule has 0 amide bonds. The highest BCUT2D eigenvalue weighted by molar-refractivity contribution is 6.01. The van der Waals surface area contributed by atoms with Crippen LogP contribution in [0.3, 0.4) is 0 Å². The third kappa shape index (κ3) is 8.36. The van der Waals surface area contributed by atoms with Crippen LogP contribution in [0.2, 0.25) is 0 Å². The Bertz CT molecular complexity index is 317. The van der Waals surface area contributed by atoms with Gasteiger partial charge in [-0.05, 0) is 26.7 Å². The number of allylic oxidation sites excluding steroid dienone is 2. The monoisotopic (exact) mass is 266 g/mol. The maximum Gasteiger partial charge on any atom is 0.341 e. The lowest BCUT2D eigenvalue weighted by atomic mass is 10.2. The number of rotatable bonds is 8. The zero-order chi connectivity index (χ0) is 14.7. The van der Waals surface area contributed by atoms with Crippen molar-refractivity contribution < 1.29 is 14.3 Å². The van der Waals surface area contributed by atoms with E-state index in [1.807, 2.05) is 12.2 Å². The Morgan fingerprint density at radius 1 is 0.842 bits per heavy atom. The van der Waals surface area contributed by atoms with Gasteiger partial charge in [-0.1, -0.05) is 51.7 Å². The van der Waals surface area contributed by atoms with Crippen LogP contribution in [0.1, 0.15) is 66.2 Å². The maximum absolute atomic E-state index is 11.6. The van der Waals surface area contributed by atoms with E-state index in [1.54, 1.807) is 13.8 Å². The van der Waals surface area contributed by atoms with Gasteiger partial charge in [-0.25, -0.2) is 9.59 Å². The highest BCUT2D eigenvalue weighted by atomic mass is 16.6. The predicted octanol–water partition coefficient (Wildman–Crippen LogP) is 4.33. The predicted molar refractivity (Wildman–Crippen MR) is 77.7 cm³/mol. The van der Waals surface area contributed by atoms with Crippen LogP contribution in [0.4, 0.5) is 0 Å². The maximum atomic E-state index is 11.6. The summed E-state index contributed by atoms with van der Waals surface area (Å²) in [6, 6.07) is 0. The van der Waals surface area contributed by atoms with Crippen LogP contribution in [0, 0.1) is 0 Å². The van der Waals surface area contributed by atoms with Gasteiger partial charge in [0.25, 0.3) is 0 Å². The molecule has 0 aromatic rings. The summed E-state index contributed by atoms with van der Waals surface area (Å²) in [6.07, 6.45) is 9.58. The molecule has 0 spiro atoms. The second-order valence-corrected chi connectivity index (χ2v) is 4.74. The lowest BCUT2D eigenvalue weighted by Crippen LogP contribution is -2.14. The fraction of sp³-hybridized carbons (Fsp3) is 0.625. The van der Waals surface area contributed by atoms with Crippen LogP contribution < -0.4 is 0 Å². The van der Waals surface area contributed by atoms with Crippen molar-refractivity contribution in [1.82, 2.24) is 0 Å². The van der Waals surface area contributed by atoms with E-state index in [1.165, 1.54) is 0 Å². The van der Waals surface area contributed by atoms with Crippen molar-refractivity contribution in [2.24, 2.45) is 0 Å². The molecule has 0 aliphatic heterocycles. The molecule has 0 unspecified atom stereocenters. The minimum absolute atomic E-state index is 0.503. The Morgan fingerprint density at radius 3 is 1.53 bits per heavy atom. The molecule has 0 aromatic heterocycles. The normalized spacial score (nSPS) is 12.4. The smallest absolute Gasteiger partial charge is 0.341 e. The SMILES string of the molecule is CCCCC=C(C)C(=O)OC(=O)C(C)=CCCCC. The number of unbranched alkanes of at least 4 members (excludes halogenated alkanes) is 4. The lowest BCUT2D eigenvalue weighted by molar-refractivity contribution is -0.153. The summed E-state index contributed by atoms with van der Waals surface area (Å²) in [5.74, 6) is -1.08. The van der Waals surface area contributed by atoms with Gasteiger partial charge in [0.05, 0.1) is 0 Å².